The van der Waals surface area contributed by atoms with Crippen molar-refractivity contribution >= 4 is 17.6 Å². The molecule has 1 N–H and O–H groups in total. The Morgan fingerprint density at radius 3 is 2.20 bits per heavy atom. The van der Waals surface area contributed by atoms with E-state index in [2.05, 4.69) is 4.90 Å². The second-order valence-corrected chi connectivity index (χ2v) is 14.7. The highest BCUT2D eigenvalue weighted by atomic mass is 19.4. The Balaban J connectivity index is 1.30. The number of ether oxygens (including phenoxy) is 3. The number of anilines is 1. The van der Waals surface area contributed by atoms with E-state index in [9.17, 15) is 27.9 Å². The number of methoxy groups -OCH3 is 3. The number of likely N-dealkylation sites (tertiary alicyclic amines) is 2. The van der Waals surface area contributed by atoms with Gasteiger partial charge in [0.05, 0.1) is 31.3 Å². The largest absolute Gasteiger partial charge is 0.497 e. The first-order chi connectivity index (χ1) is 24.4. The van der Waals surface area contributed by atoms with Gasteiger partial charge in [-0.05, 0) is 73.9 Å². The normalized spacial score (nSPS) is 29.4. The molecule has 3 saturated heterocycles. The minimum Gasteiger partial charge on any atom is -0.497 e. The topological polar surface area (TPSA) is 91.8 Å². The molecule has 0 radical (unpaired) electrons. The van der Waals surface area contributed by atoms with Crippen molar-refractivity contribution in [2.24, 2.45) is 11.8 Å². The number of hydrogen-bond donors (Lipinski definition) is 1. The monoisotopic (exact) mass is 719 g/mol. The fourth-order valence-electron chi connectivity index (χ4n) is 8.91. The molecular weight excluding hydrogens is 670 g/mol. The average molecular weight is 720 g/mol. The zero-order valence-electron chi connectivity index (χ0n) is 29.5. The van der Waals surface area contributed by atoms with E-state index in [1.165, 1.54) is 13.2 Å². The lowest BCUT2D eigenvalue weighted by Gasteiger charge is -2.35. The zero-order chi connectivity index (χ0) is 36.5. The molecule has 2 aromatic rings. The number of halogens is 4. The number of carboxylic acids is 1. The lowest BCUT2D eigenvalue weighted by molar-refractivity contribution is -0.143. The van der Waals surface area contributed by atoms with Gasteiger partial charge in [0.2, 0.25) is 5.67 Å². The third kappa shape index (κ3) is 7.71. The summed E-state index contributed by atoms with van der Waals surface area (Å²) in [6.07, 6.45) is -0.353. The van der Waals surface area contributed by atoms with Crippen LogP contribution in [-0.4, -0.2) is 112 Å². The standard InChI is InChI=1S/C38H49F4N3O6/c1-49-22-26-19-44(20-32(26)31-13-6-27(38(40,41)42)18-34(31)43-16-14-25(15-17-43)35(46)47)36(48)37(39)23-45(28-7-11-30(51-3)12-8-28)21-33(37)24-4-9-29(50-2)10-5-24/h4-6,9-10,13,18,25-26,28,30,32-33H,7-8,11-12,14-17,19-23H2,1-3H3,(H,46,47)/t26-,28-,30-,32+,33+,37+/m1/s1. The Hall–Kier alpha value is -3.42. The van der Waals surface area contributed by atoms with Gasteiger partial charge in [-0.3, -0.25) is 14.5 Å². The quantitative estimate of drug-likeness (QED) is 0.301. The van der Waals surface area contributed by atoms with Crippen molar-refractivity contribution in [3.05, 3.63) is 59.2 Å². The molecule has 0 bridgehead atoms. The number of benzene rings is 2. The molecule has 1 saturated carbocycles. The first-order valence-corrected chi connectivity index (χ1v) is 17.9. The fraction of sp³-hybridized carbons (Fsp3) is 0.632. The van der Waals surface area contributed by atoms with Gasteiger partial charge >= 0.3 is 12.1 Å². The van der Waals surface area contributed by atoms with Crippen LogP contribution in [0.5, 0.6) is 5.75 Å². The van der Waals surface area contributed by atoms with Crippen molar-refractivity contribution in [1.29, 1.82) is 0 Å². The summed E-state index contributed by atoms with van der Waals surface area (Å²) in [5.41, 5.74) is -1.33. The summed E-state index contributed by atoms with van der Waals surface area (Å²) in [6, 6.07) is 11.0. The Labute approximate surface area is 296 Å². The van der Waals surface area contributed by atoms with E-state index in [1.54, 1.807) is 31.3 Å². The molecule has 4 aliphatic rings. The smallest absolute Gasteiger partial charge is 0.416 e. The number of hydrogen-bond acceptors (Lipinski definition) is 7. The first kappa shape index (κ1) is 37.3. The molecular formula is C38H49F4N3O6. The van der Waals surface area contributed by atoms with E-state index in [0.717, 1.165) is 37.8 Å². The predicted molar refractivity (Wildman–Crippen MR) is 183 cm³/mol. The van der Waals surface area contributed by atoms with Crippen molar-refractivity contribution in [1.82, 2.24) is 9.80 Å². The van der Waals surface area contributed by atoms with Crippen LogP contribution in [0.1, 0.15) is 67.1 Å². The Kier molecular flexibility index (Phi) is 11.2. The summed E-state index contributed by atoms with van der Waals surface area (Å²) >= 11 is 0. The lowest BCUT2D eigenvalue weighted by Crippen LogP contribution is -2.50. The Morgan fingerprint density at radius 1 is 0.922 bits per heavy atom. The highest BCUT2D eigenvalue weighted by Crippen LogP contribution is 2.47. The van der Waals surface area contributed by atoms with Gasteiger partial charge in [-0.1, -0.05) is 18.2 Å². The number of carboxylic acid groups (broad SMARTS) is 1. The van der Waals surface area contributed by atoms with Gasteiger partial charge in [-0.2, -0.15) is 13.2 Å². The number of piperidine rings is 1. The number of carbonyl (C=O) groups excluding carboxylic acids is 1. The number of nitrogens with zero attached hydrogens (tertiary/aromatic N) is 3. The van der Waals surface area contributed by atoms with Crippen LogP contribution in [0.3, 0.4) is 0 Å². The van der Waals surface area contributed by atoms with Crippen LogP contribution in [0.4, 0.5) is 23.2 Å². The SMILES string of the molecule is COC[C@H]1CN(C(=O)[C@]2(F)CN([C@H]3CC[C@H](OC)CC3)C[C@H]2c2ccc(OC)cc2)C[C@@H]1c1ccc(C(F)(F)F)cc1N1CCC(C(=O)O)CC1. The summed E-state index contributed by atoms with van der Waals surface area (Å²) in [5.74, 6) is -2.90. The second-order valence-electron chi connectivity index (χ2n) is 14.7. The van der Waals surface area contributed by atoms with E-state index >= 15 is 4.39 Å². The minimum atomic E-state index is -4.58. The molecule has 1 amide bonds. The van der Waals surface area contributed by atoms with Crippen molar-refractivity contribution in [2.75, 3.05) is 72.1 Å². The van der Waals surface area contributed by atoms with Gasteiger partial charge < -0.3 is 29.1 Å². The molecule has 3 aliphatic heterocycles. The van der Waals surface area contributed by atoms with Crippen LogP contribution < -0.4 is 9.64 Å². The molecule has 0 unspecified atom stereocenters. The molecule has 51 heavy (non-hydrogen) atoms. The van der Waals surface area contributed by atoms with Crippen molar-refractivity contribution in [3.63, 3.8) is 0 Å². The predicted octanol–water partition coefficient (Wildman–Crippen LogP) is 5.97. The summed E-state index contributed by atoms with van der Waals surface area (Å²) in [6.45, 7) is 1.45. The van der Waals surface area contributed by atoms with Crippen LogP contribution in [-0.2, 0) is 25.2 Å². The van der Waals surface area contributed by atoms with Crippen molar-refractivity contribution in [3.8, 4) is 5.75 Å². The second kappa shape index (κ2) is 15.3. The first-order valence-electron chi connectivity index (χ1n) is 17.9. The Morgan fingerprint density at radius 2 is 1.61 bits per heavy atom. The molecule has 4 fully saturated rings. The maximum atomic E-state index is 17.8. The molecule has 0 aromatic heterocycles. The van der Waals surface area contributed by atoms with Gasteiger partial charge in [0.1, 0.15) is 5.75 Å². The van der Waals surface area contributed by atoms with Gasteiger partial charge in [-0.25, -0.2) is 4.39 Å². The van der Waals surface area contributed by atoms with Crippen LogP contribution >= 0.6 is 0 Å². The summed E-state index contributed by atoms with van der Waals surface area (Å²) in [5, 5.41) is 9.52. The molecule has 3 heterocycles. The summed E-state index contributed by atoms with van der Waals surface area (Å²) in [4.78, 5) is 31.7. The maximum absolute atomic E-state index is 17.8. The van der Waals surface area contributed by atoms with Gasteiger partial charge in [0.25, 0.3) is 5.91 Å². The van der Waals surface area contributed by atoms with E-state index < -0.39 is 47.0 Å². The molecule has 13 heteroatoms. The summed E-state index contributed by atoms with van der Waals surface area (Å²) < 4.78 is 76.3. The average Bonchev–Trinajstić information content (AvgIpc) is 3.72. The zero-order valence-corrected chi connectivity index (χ0v) is 29.5. The third-order valence-corrected chi connectivity index (χ3v) is 11.8. The van der Waals surface area contributed by atoms with E-state index in [-0.39, 0.29) is 57.4 Å². The lowest BCUT2D eigenvalue weighted by atomic mass is 9.85. The van der Waals surface area contributed by atoms with Gasteiger partial charge in [0, 0.05) is 83.0 Å². The molecule has 1 aliphatic carbocycles. The molecule has 6 rings (SSSR count). The molecule has 9 nitrogen and oxygen atoms in total. The van der Waals surface area contributed by atoms with Crippen LogP contribution in [0.15, 0.2) is 42.5 Å². The van der Waals surface area contributed by atoms with Crippen LogP contribution in [0, 0.1) is 11.8 Å². The number of rotatable bonds is 10. The number of alkyl halides is 4. The van der Waals surface area contributed by atoms with E-state index in [4.69, 9.17) is 14.2 Å². The van der Waals surface area contributed by atoms with Crippen LogP contribution in [0.2, 0.25) is 0 Å². The third-order valence-electron chi connectivity index (χ3n) is 11.8. The number of amides is 1. The van der Waals surface area contributed by atoms with E-state index in [1.807, 2.05) is 17.0 Å². The molecule has 280 valence electrons. The molecule has 0 spiro atoms. The fourth-order valence-corrected chi connectivity index (χ4v) is 8.91. The van der Waals surface area contributed by atoms with Crippen molar-refractivity contribution in [2.45, 2.75) is 74.4 Å². The highest BCUT2D eigenvalue weighted by molar-refractivity contribution is 5.88. The van der Waals surface area contributed by atoms with Crippen LogP contribution in [0.25, 0.3) is 0 Å². The van der Waals surface area contributed by atoms with E-state index in [0.29, 0.717) is 42.0 Å². The molecule has 4 atom stereocenters. The van der Waals surface area contributed by atoms with Gasteiger partial charge in [-0.15, -0.1) is 0 Å². The molecule has 2 aromatic carbocycles. The number of aliphatic carboxylic acids is 1. The minimum absolute atomic E-state index is 0.0506. The van der Waals surface area contributed by atoms with Crippen molar-refractivity contribution < 1.29 is 46.5 Å². The van der Waals surface area contributed by atoms with Gasteiger partial charge in [0.15, 0.2) is 0 Å². The maximum Gasteiger partial charge on any atom is 0.416 e. The summed E-state index contributed by atoms with van der Waals surface area (Å²) in [7, 11) is 4.81. The number of carbonyl (C=O) groups is 2. The Bertz CT molecular complexity index is 1530. The highest BCUT2D eigenvalue weighted by Gasteiger charge is 2.57.